The number of rotatable bonds is 18. The van der Waals surface area contributed by atoms with E-state index >= 15 is 0 Å². The smallest absolute Gasteiger partial charge is 0.267 e. The van der Waals surface area contributed by atoms with E-state index in [0.717, 1.165) is 75.3 Å². The lowest BCUT2D eigenvalue weighted by Gasteiger charge is -2.33. The third-order valence-corrected chi connectivity index (χ3v) is 8.93. The Hall–Kier alpha value is -2.31. The van der Waals surface area contributed by atoms with E-state index in [0.29, 0.717) is 19.6 Å². The van der Waals surface area contributed by atoms with Gasteiger partial charge in [-0.1, -0.05) is 53.7 Å². The zero-order valence-corrected chi connectivity index (χ0v) is 26.0. The van der Waals surface area contributed by atoms with Crippen LogP contribution in [0, 0.1) is 6.92 Å². The van der Waals surface area contributed by atoms with Crippen molar-refractivity contribution in [3.05, 3.63) is 52.8 Å². The predicted octanol–water partition coefficient (Wildman–Crippen LogP) is 6.70. The van der Waals surface area contributed by atoms with Crippen molar-refractivity contribution >= 4 is 5.91 Å². The van der Waals surface area contributed by atoms with Gasteiger partial charge < -0.3 is 24.6 Å². The summed E-state index contributed by atoms with van der Waals surface area (Å²) in [5, 5.41) is 13.7. The van der Waals surface area contributed by atoms with E-state index in [1.165, 1.54) is 11.1 Å². The van der Waals surface area contributed by atoms with Crippen LogP contribution >= 0.6 is 0 Å². The fourth-order valence-electron chi connectivity index (χ4n) is 5.66. The van der Waals surface area contributed by atoms with Crippen LogP contribution < -0.4 is 10.1 Å². The van der Waals surface area contributed by atoms with Crippen molar-refractivity contribution in [2.24, 2.45) is 0 Å². The van der Waals surface area contributed by atoms with Gasteiger partial charge in [0.1, 0.15) is 11.4 Å². The first-order valence-electron chi connectivity index (χ1n) is 15.3. The summed E-state index contributed by atoms with van der Waals surface area (Å²) in [7, 11) is 0. The standard InChI is InChI=1S/C33H55N3O3/c1-9-32(38,10-2)19-22-39-30-18-17-27(23-26(30)8)33(11-3,12-4)28-24-29(36(15-7)25-28)31(37)34-20-16-21-35(13-5)14-6/h17-18,23-25,38H,9-16,19-22H2,1-8H3,(H,34,37). The Balaban J connectivity index is 2.24. The van der Waals surface area contributed by atoms with Gasteiger partial charge in [-0.3, -0.25) is 4.79 Å². The molecule has 0 fully saturated rings. The topological polar surface area (TPSA) is 66.7 Å². The quantitative estimate of drug-likeness (QED) is 0.206. The Bertz CT molecular complexity index is 1020. The van der Waals surface area contributed by atoms with Crippen molar-refractivity contribution in [1.82, 2.24) is 14.8 Å². The molecule has 39 heavy (non-hydrogen) atoms. The molecule has 2 aromatic rings. The van der Waals surface area contributed by atoms with Gasteiger partial charge in [-0.05, 0) is 94.4 Å². The molecule has 0 aliphatic heterocycles. The Morgan fingerprint density at radius 3 is 2.18 bits per heavy atom. The molecule has 6 heteroatoms. The Morgan fingerprint density at radius 2 is 1.64 bits per heavy atom. The van der Waals surface area contributed by atoms with Gasteiger partial charge in [0.15, 0.2) is 0 Å². The molecule has 0 saturated heterocycles. The lowest BCUT2D eigenvalue weighted by Crippen LogP contribution is -2.30. The molecule has 0 aliphatic rings. The summed E-state index contributed by atoms with van der Waals surface area (Å²) in [5.74, 6) is 0.869. The summed E-state index contributed by atoms with van der Waals surface area (Å²) in [6, 6.07) is 8.59. The van der Waals surface area contributed by atoms with Crippen molar-refractivity contribution in [1.29, 1.82) is 0 Å². The maximum Gasteiger partial charge on any atom is 0.267 e. The van der Waals surface area contributed by atoms with E-state index in [1.54, 1.807) is 0 Å². The third kappa shape index (κ3) is 8.11. The molecule has 0 saturated carbocycles. The molecule has 1 amide bonds. The summed E-state index contributed by atoms with van der Waals surface area (Å²) in [5.41, 5.74) is 3.41. The van der Waals surface area contributed by atoms with E-state index < -0.39 is 5.60 Å². The highest BCUT2D eigenvalue weighted by molar-refractivity contribution is 5.93. The van der Waals surface area contributed by atoms with Crippen LogP contribution in [0.5, 0.6) is 5.75 Å². The maximum absolute atomic E-state index is 13.2. The van der Waals surface area contributed by atoms with E-state index in [-0.39, 0.29) is 11.3 Å². The molecule has 0 radical (unpaired) electrons. The molecule has 1 heterocycles. The third-order valence-electron chi connectivity index (χ3n) is 8.93. The number of hydrogen-bond acceptors (Lipinski definition) is 4. The number of carbonyl (C=O) groups is 1. The van der Waals surface area contributed by atoms with E-state index in [4.69, 9.17) is 4.74 Å². The van der Waals surface area contributed by atoms with Gasteiger partial charge in [-0.15, -0.1) is 0 Å². The molecule has 1 aromatic heterocycles. The van der Waals surface area contributed by atoms with Gasteiger partial charge in [0.25, 0.3) is 5.91 Å². The minimum absolute atomic E-state index is 0.00259. The molecular formula is C33H55N3O3. The van der Waals surface area contributed by atoms with E-state index in [2.05, 4.69) is 86.8 Å². The van der Waals surface area contributed by atoms with Gasteiger partial charge >= 0.3 is 0 Å². The van der Waals surface area contributed by atoms with Crippen molar-refractivity contribution in [3.63, 3.8) is 0 Å². The molecule has 0 bridgehead atoms. The maximum atomic E-state index is 13.2. The summed E-state index contributed by atoms with van der Waals surface area (Å²) in [6.07, 6.45) is 7.07. The summed E-state index contributed by atoms with van der Waals surface area (Å²) in [6.45, 7) is 22.0. The fraction of sp³-hybridized carbons (Fsp3) is 0.667. The number of aryl methyl sites for hydroxylation is 2. The molecule has 6 nitrogen and oxygen atoms in total. The van der Waals surface area contributed by atoms with Crippen LogP contribution in [0.4, 0.5) is 0 Å². The molecule has 0 atom stereocenters. The average Bonchev–Trinajstić information content (AvgIpc) is 3.40. The first kappa shape index (κ1) is 32.9. The van der Waals surface area contributed by atoms with Crippen molar-refractivity contribution < 1.29 is 14.6 Å². The molecule has 0 spiro atoms. The number of carbonyl (C=O) groups excluding carboxylic acids is 1. The zero-order valence-electron chi connectivity index (χ0n) is 26.0. The van der Waals surface area contributed by atoms with Crippen LogP contribution in [0.3, 0.4) is 0 Å². The number of amides is 1. The normalized spacial score (nSPS) is 12.3. The largest absolute Gasteiger partial charge is 0.493 e. The van der Waals surface area contributed by atoms with Gasteiger partial charge in [-0.25, -0.2) is 0 Å². The number of ether oxygens (including phenoxy) is 1. The van der Waals surface area contributed by atoms with Crippen LogP contribution in [0.25, 0.3) is 0 Å². The second-order valence-electron chi connectivity index (χ2n) is 10.8. The highest BCUT2D eigenvalue weighted by Crippen LogP contribution is 2.41. The number of nitrogens with zero attached hydrogens (tertiary/aromatic N) is 2. The number of benzene rings is 1. The monoisotopic (exact) mass is 541 g/mol. The lowest BCUT2D eigenvalue weighted by atomic mass is 9.71. The lowest BCUT2D eigenvalue weighted by molar-refractivity contribution is 0.0116. The molecular weight excluding hydrogens is 486 g/mol. The molecule has 1 aromatic carbocycles. The second-order valence-corrected chi connectivity index (χ2v) is 10.8. The van der Waals surface area contributed by atoms with Crippen LogP contribution in [-0.2, 0) is 12.0 Å². The number of aliphatic hydroxyl groups is 1. The van der Waals surface area contributed by atoms with Crippen LogP contribution in [0.1, 0.15) is 114 Å². The molecule has 0 unspecified atom stereocenters. The number of nitrogens with one attached hydrogen (secondary N) is 1. The number of hydrogen-bond donors (Lipinski definition) is 2. The summed E-state index contributed by atoms with van der Waals surface area (Å²) < 4.78 is 8.19. The fourth-order valence-corrected chi connectivity index (χ4v) is 5.66. The summed E-state index contributed by atoms with van der Waals surface area (Å²) in [4.78, 5) is 15.6. The number of aromatic nitrogens is 1. The molecule has 2 rings (SSSR count). The molecule has 2 N–H and O–H groups in total. The van der Waals surface area contributed by atoms with E-state index in [9.17, 15) is 9.90 Å². The SMILES string of the molecule is CCN(CC)CCCNC(=O)c1cc(C(CC)(CC)c2ccc(OCCC(O)(CC)CC)c(C)c2)cn1CC. The first-order valence-corrected chi connectivity index (χ1v) is 15.3. The van der Waals surface area contributed by atoms with Crippen LogP contribution in [0.15, 0.2) is 30.5 Å². The van der Waals surface area contributed by atoms with Crippen molar-refractivity contribution in [2.75, 3.05) is 32.8 Å². The highest BCUT2D eigenvalue weighted by atomic mass is 16.5. The summed E-state index contributed by atoms with van der Waals surface area (Å²) >= 11 is 0. The predicted molar refractivity (Wildman–Crippen MR) is 163 cm³/mol. The minimum Gasteiger partial charge on any atom is -0.493 e. The first-order chi connectivity index (χ1) is 18.7. The van der Waals surface area contributed by atoms with Crippen LogP contribution in [0.2, 0.25) is 0 Å². The second kappa shape index (κ2) is 15.5. The van der Waals surface area contributed by atoms with E-state index in [1.807, 2.05) is 13.8 Å². The van der Waals surface area contributed by atoms with Crippen LogP contribution in [-0.4, -0.2) is 58.9 Å². The van der Waals surface area contributed by atoms with Gasteiger partial charge in [0.05, 0.1) is 12.2 Å². The average molecular weight is 542 g/mol. The molecule has 220 valence electrons. The molecule has 0 aliphatic carbocycles. The Labute approximate surface area is 238 Å². The highest BCUT2D eigenvalue weighted by Gasteiger charge is 2.33. The van der Waals surface area contributed by atoms with Gasteiger partial charge in [0.2, 0.25) is 0 Å². The Kier molecular flexibility index (Phi) is 13.1. The van der Waals surface area contributed by atoms with Gasteiger partial charge in [0, 0.05) is 31.1 Å². The zero-order chi connectivity index (χ0) is 29.1. The van der Waals surface area contributed by atoms with Crippen molar-refractivity contribution in [2.45, 2.75) is 111 Å². The van der Waals surface area contributed by atoms with Crippen molar-refractivity contribution in [3.8, 4) is 5.75 Å². The van der Waals surface area contributed by atoms with Gasteiger partial charge in [-0.2, -0.15) is 0 Å². The Morgan fingerprint density at radius 1 is 0.974 bits per heavy atom. The minimum atomic E-state index is -0.658.